The summed E-state index contributed by atoms with van der Waals surface area (Å²) >= 11 is 0. The third-order valence-corrected chi connectivity index (χ3v) is 4.51. The van der Waals surface area contributed by atoms with Gasteiger partial charge in [0.2, 0.25) is 0 Å². The average molecular weight is 390 g/mol. The summed E-state index contributed by atoms with van der Waals surface area (Å²) in [6.07, 6.45) is -4.18. The summed E-state index contributed by atoms with van der Waals surface area (Å²) in [7, 11) is 0. The first-order chi connectivity index (χ1) is 13.4. The molecule has 1 aliphatic rings. The standard InChI is InChI=1S/C18H22N4O6/c19-12-6-7-22(18(27)21-12)17-14(25)13(24)15(28-17)16(26)20-11(9-23)8-10-4-2-1-3-5-10/h1-7,11,13-15,17,23-25H,8-9H2,(H,20,26)(H2,19,21,27)/t11-,13-,14+,15-,17+/m0/s1. The molecule has 0 bridgehead atoms. The minimum Gasteiger partial charge on any atom is -0.394 e. The number of nitrogens with one attached hydrogen (secondary N) is 1. The maximum absolute atomic E-state index is 12.5. The molecule has 0 aliphatic carbocycles. The van der Waals surface area contributed by atoms with Gasteiger partial charge in [-0.3, -0.25) is 9.36 Å². The summed E-state index contributed by atoms with van der Waals surface area (Å²) in [6, 6.07) is 9.98. The number of rotatable bonds is 6. The van der Waals surface area contributed by atoms with Crippen LogP contribution < -0.4 is 16.7 Å². The molecule has 1 aliphatic heterocycles. The van der Waals surface area contributed by atoms with Crippen LogP contribution in [0.1, 0.15) is 11.8 Å². The monoisotopic (exact) mass is 390 g/mol. The number of anilines is 1. The Labute approximate surface area is 160 Å². The second-order valence-corrected chi connectivity index (χ2v) is 6.55. The highest BCUT2D eigenvalue weighted by Gasteiger charge is 2.47. The van der Waals surface area contributed by atoms with Crippen molar-refractivity contribution in [3.8, 4) is 0 Å². The van der Waals surface area contributed by atoms with Gasteiger partial charge in [0.1, 0.15) is 18.0 Å². The molecule has 2 aromatic rings. The molecule has 1 amide bonds. The van der Waals surface area contributed by atoms with Crippen molar-refractivity contribution >= 4 is 11.7 Å². The van der Waals surface area contributed by atoms with Gasteiger partial charge in [0.15, 0.2) is 12.3 Å². The van der Waals surface area contributed by atoms with Crippen LogP contribution in [-0.2, 0) is 16.0 Å². The molecule has 2 heterocycles. The zero-order valence-electron chi connectivity index (χ0n) is 14.9. The van der Waals surface area contributed by atoms with Crippen LogP contribution in [0, 0.1) is 0 Å². The van der Waals surface area contributed by atoms with Gasteiger partial charge in [0.05, 0.1) is 12.6 Å². The van der Waals surface area contributed by atoms with Crippen molar-refractivity contribution < 1.29 is 24.9 Å². The molecule has 6 N–H and O–H groups in total. The van der Waals surface area contributed by atoms with E-state index in [0.29, 0.717) is 6.42 Å². The SMILES string of the molecule is Nc1ccn([C@@H]2O[C@H](C(=O)N[C@H](CO)Cc3ccccc3)[C@@H](O)[C@H]2O)c(=O)n1. The first kappa shape index (κ1) is 20.0. The highest BCUT2D eigenvalue weighted by Crippen LogP contribution is 2.28. The first-order valence-corrected chi connectivity index (χ1v) is 8.72. The lowest BCUT2D eigenvalue weighted by Crippen LogP contribution is -2.48. The van der Waals surface area contributed by atoms with Crippen molar-refractivity contribution in [1.29, 1.82) is 0 Å². The minimum atomic E-state index is -1.56. The molecule has 28 heavy (non-hydrogen) atoms. The van der Waals surface area contributed by atoms with Crippen LogP contribution >= 0.6 is 0 Å². The van der Waals surface area contributed by atoms with Gasteiger partial charge in [-0.05, 0) is 18.1 Å². The molecule has 3 rings (SSSR count). The normalized spacial score (nSPS) is 25.4. The number of hydrogen-bond donors (Lipinski definition) is 5. The molecule has 10 heteroatoms. The molecule has 0 spiro atoms. The Morgan fingerprint density at radius 2 is 1.96 bits per heavy atom. The van der Waals surface area contributed by atoms with Gasteiger partial charge in [0.25, 0.3) is 5.91 Å². The van der Waals surface area contributed by atoms with Gasteiger partial charge < -0.3 is 31.1 Å². The van der Waals surface area contributed by atoms with E-state index < -0.39 is 42.2 Å². The van der Waals surface area contributed by atoms with E-state index >= 15 is 0 Å². The predicted molar refractivity (Wildman–Crippen MR) is 98.0 cm³/mol. The van der Waals surface area contributed by atoms with E-state index in [1.54, 1.807) is 0 Å². The van der Waals surface area contributed by atoms with Crippen molar-refractivity contribution in [2.45, 2.75) is 37.0 Å². The lowest BCUT2D eigenvalue weighted by atomic mass is 10.1. The van der Waals surface area contributed by atoms with Crippen LogP contribution in [0.5, 0.6) is 0 Å². The lowest BCUT2D eigenvalue weighted by Gasteiger charge is -2.20. The van der Waals surface area contributed by atoms with Gasteiger partial charge in [-0.1, -0.05) is 30.3 Å². The number of aromatic nitrogens is 2. The number of nitrogen functional groups attached to an aromatic ring is 1. The van der Waals surface area contributed by atoms with Crippen LogP contribution in [0.15, 0.2) is 47.4 Å². The van der Waals surface area contributed by atoms with Gasteiger partial charge in [-0.15, -0.1) is 0 Å². The van der Waals surface area contributed by atoms with Crippen molar-refractivity contribution in [1.82, 2.24) is 14.9 Å². The molecule has 0 radical (unpaired) electrons. The zero-order valence-corrected chi connectivity index (χ0v) is 14.9. The van der Waals surface area contributed by atoms with Crippen LogP contribution in [0.3, 0.4) is 0 Å². The fraction of sp³-hybridized carbons (Fsp3) is 0.389. The first-order valence-electron chi connectivity index (χ1n) is 8.72. The van der Waals surface area contributed by atoms with Crippen molar-refractivity contribution in [3.63, 3.8) is 0 Å². The van der Waals surface area contributed by atoms with E-state index in [-0.39, 0.29) is 12.4 Å². The minimum absolute atomic E-state index is 0.00437. The number of hydrogen-bond acceptors (Lipinski definition) is 8. The maximum Gasteiger partial charge on any atom is 0.351 e. The number of nitrogens with zero attached hydrogens (tertiary/aromatic N) is 2. The Kier molecular flexibility index (Phi) is 6.05. The molecule has 5 atom stereocenters. The summed E-state index contributed by atoms with van der Waals surface area (Å²) < 4.78 is 6.39. The number of ether oxygens (including phenoxy) is 1. The quantitative estimate of drug-likeness (QED) is 0.385. The Hall–Kier alpha value is -2.79. The van der Waals surface area contributed by atoms with E-state index in [2.05, 4.69) is 10.3 Å². The molecule has 1 fully saturated rings. The maximum atomic E-state index is 12.5. The fourth-order valence-electron chi connectivity index (χ4n) is 3.07. The highest BCUT2D eigenvalue weighted by atomic mass is 16.6. The number of carbonyl (C=O) groups excluding carboxylic acids is 1. The number of amides is 1. The Balaban J connectivity index is 1.70. The van der Waals surface area contributed by atoms with Crippen molar-refractivity contribution in [3.05, 3.63) is 58.6 Å². The van der Waals surface area contributed by atoms with E-state index in [1.807, 2.05) is 30.3 Å². The van der Waals surface area contributed by atoms with E-state index in [1.165, 1.54) is 12.3 Å². The topological polar surface area (TPSA) is 160 Å². The molecular weight excluding hydrogens is 368 g/mol. The molecular formula is C18H22N4O6. The summed E-state index contributed by atoms with van der Waals surface area (Å²) in [5.41, 5.74) is 5.56. The Morgan fingerprint density at radius 3 is 2.61 bits per heavy atom. The molecule has 150 valence electrons. The molecule has 1 aromatic carbocycles. The van der Waals surface area contributed by atoms with Crippen LogP contribution in [0.2, 0.25) is 0 Å². The second-order valence-electron chi connectivity index (χ2n) is 6.55. The largest absolute Gasteiger partial charge is 0.394 e. The number of carbonyl (C=O) groups is 1. The highest BCUT2D eigenvalue weighted by molar-refractivity contribution is 5.82. The summed E-state index contributed by atoms with van der Waals surface area (Å²) in [5.74, 6) is -0.712. The third-order valence-electron chi connectivity index (χ3n) is 4.51. The lowest BCUT2D eigenvalue weighted by molar-refractivity contribution is -0.138. The van der Waals surface area contributed by atoms with Crippen molar-refractivity contribution in [2.24, 2.45) is 0 Å². The van der Waals surface area contributed by atoms with Crippen molar-refractivity contribution in [2.75, 3.05) is 12.3 Å². The number of aliphatic hydroxyl groups is 3. The Morgan fingerprint density at radius 1 is 1.25 bits per heavy atom. The van der Waals surface area contributed by atoms with E-state index in [4.69, 9.17) is 10.5 Å². The molecule has 0 saturated carbocycles. The van der Waals surface area contributed by atoms with E-state index in [9.17, 15) is 24.9 Å². The second kappa shape index (κ2) is 8.48. The van der Waals surface area contributed by atoms with Gasteiger partial charge in [-0.25, -0.2) is 4.79 Å². The van der Waals surface area contributed by atoms with Gasteiger partial charge in [0, 0.05) is 6.20 Å². The van der Waals surface area contributed by atoms with Crippen LogP contribution in [-0.4, -0.2) is 61.7 Å². The summed E-state index contributed by atoms with van der Waals surface area (Å²) in [6.45, 7) is -0.323. The van der Waals surface area contributed by atoms with Crippen LogP contribution in [0.25, 0.3) is 0 Å². The molecule has 1 aromatic heterocycles. The third kappa shape index (κ3) is 4.20. The summed E-state index contributed by atoms with van der Waals surface area (Å²) in [4.78, 5) is 28.0. The zero-order chi connectivity index (χ0) is 20.3. The molecule has 10 nitrogen and oxygen atoms in total. The van der Waals surface area contributed by atoms with Crippen LogP contribution in [0.4, 0.5) is 5.82 Å². The van der Waals surface area contributed by atoms with Gasteiger partial charge >= 0.3 is 5.69 Å². The summed E-state index contributed by atoms with van der Waals surface area (Å²) in [5, 5.41) is 32.6. The predicted octanol–water partition coefficient (Wildman–Crippen LogP) is -1.84. The number of nitrogens with two attached hydrogens (primary N) is 1. The fourth-order valence-corrected chi connectivity index (χ4v) is 3.07. The Bertz CT molecular complexity index is 874. The number of benzene rings is 1. The van der Waals surface area contributed by atoms with Gasteiger partial charge in [-0.2, -0.15) is 4.98 Å². The number of aliphatic hydroxyl groups excluding tert-OH is 3. The molecule has 1 saturated heterocycles. The average Bonchev–Trinajstić information content (AvgIpc) is 2.97. The smallest absolute Gasteiger partial charge is 0.351 e. The van der Waals surface area contributed by atoms with E-state index in [0.717, 1.165) is 10.1 Å². The molecule has 0 unspecified atom stereocenters.